The van der Waals surface area contributed by atoms with Crippen molar-refractivity contribution in [3.8, 4) is 0 Å². The van der Waals surface area contributed by atoms with E-state index in [1.807, 2.05) is 6.92 Å². The monoisotopic (exact) mass is 223 g/mol. The molecular formula is C7H14BrNO2. The molecule has 0 saturated heterocycles. The highest BCUT2D eigenvalue weighted by atomic mass is 79.9. The Kier molecular flexibility index (Phi) is 6.56. The quantitative estimate of drug-likeness (QED) is 0.705. The molecule has 0 aromatic rings. The van der Waals surface area contributed by atoms with Crippen LogP contribution in [0.1, 0.15) is 13.3 Å². The zero-order valence-electron chi connectivity index (χ0n) is 6.89. The Labute approximate surface area is 75.6 Å². The van der Waals surface area contributed by atoms with Crippen molar-refractivity contribution in [1.29, 1.82) is 0 Å². The van der Waals surface area contributed by atoms with Gasteiger partial charge in [0, 0.05) is 24.9 Å². The zero-order valence-corrected chi connectivity index (χ0v) is 8.48. The molecule has 0 saturated carbocycles. The Morgan fingerprint density at radius 1 is 1.73 bits per heavy atom. The summed E-state index contributed by atoms with van der Waals surface area (Å²) in [7, 11) is 1.62. The van der Waals surface area contributed by atoms with Crippen molar-refractivity contribution >= 4 is 21.8 Å². The van der Waals surface area contributed by atoms with E-state index in [4.69, 9.17) is 4.74 Å². The van der Waals surface area contributed by atoms with Crippen LogP contribution in [0.2, 0.25) is 0 Å². The number of methoxy groups -OCH3 is 1. The van der Waals surface area contributed by atoms with E-state index < -0.39 is 0 Å². The summed E-state index contributed by atoms with van der Waals surface area (Å²) >= 11 is 3.19. The van der Waals surface area contributed by atoms with E-state index >= 15 is 0 Å². The van der Waals surface area contributed by atoms with E-state index in [1.54, 1.807) is 7.11 Å². The van der Waals surface area contributed by atoms with Gasteiger partial charge in [-0.1, -0.05) is 15.9 Å². The van der Waals surface area contributed by atoms with Gasteiger partial charge in [0.1, 0.15) is 0 Å². The number of hydrogen-bond acceptors (Lipinski definition) is 2. The Hall–Kier alpha value is -0.0900. The first kappa shape index (κ1) is 10.9. The SMILES string of the molecule is COCC(C)NC(=O)CCBr. The summed E-state index contributed by atoms with van der Waals surface area (Å²) in [5.74, 6) is 0.0615. The van der Waals surface area contributed by atoms with Crippen LogP contribution in [-0.2, 0) is 9.53 Å². The van der Waals surface area contributed by atoms with Crippen molar-refractivity contribution in [1.82, 2.24) is 5.32 Å². The van der Waals surface area contributed by atoms with Crippen molar-refractivity contribution < 1.29 is 9.53 Å². The number of rotatable bonds is 5. The molecule has 1 atom stereocenters. The van der Waals surface area contributed by atoms with Crippen LogP contribution >= 0.6 is 15.9 Å². The van der Waals surface area contributed by atoms with Gasteiger partial charge in [-0.3, -0.25) is 4.79 Å². The van der Waals surface area contributed by atoms with Crippen molar-refractivity contribution in [2.45, 2.75) is 19.4 Å². The number of hydrogen-bond donors (Lipinski definition) is 1. The maximum absolute atomic E-state index is 10.9. The highest BCUT2D eigenvalue weighted by Gasteiger charge is 2.04. The first-order chi connectivity index (χ1) is 5.20. The van der Waals surface area contributed by atoms with Gasteiger partial charge in [-0.25, -0.2) is 0 Å². The van der Waals surface area contributed by atoms with Gasteiger partial charge >= 0.3 is 0 Å². The molecule has 0 heterocycles. The average molecular weight is 224 g/mol. The molecule has 0 aliphatic heterocycles. The predicted molar refractivity (Wildman–Crippen MR) is 47.9 cm³/mol. The Morgan fingerprint density at radius 2 is 2.36 bits per heavy atom. The summed E-state index contributed by atoms with van der Waals surface area (Å²) in [4.78, 5) is 10.9. The lowest BCUT2D eigenvalue weighted by molar-refractivity contribution is -0.121. The van der Waals surface area contributed by atoms with Crippen LogP contribution < -0.4 is 5.32 Å². The lowest BCUT2D eigenvalue weighted by Crippen LogP contribution is -2.35. The van der Waals surface area contributed by atoms with E-state index in [2.05, 4.69) is 21.2 Å². The summed E-state index contributed by atoms with van der Waals surface area (Å²) in [6, 6.07) is 0.103. The standard InChI is InChI=1S/C7H14BrNO2/c1-6(5-11-2)9-7(10)3-4-8/h6H,3-5H2,1-2H3,(H,9,10). The van der Waals surface area contributed by atoms with Gasteiger partial charge in [0.25, 0.3) is 0 Å². The first-order valence-corrected chi connectivity index (χ1v) is 4.67. The van der Waals surface area contributed by atoms with E-state index in [9.17, 15) is 4.79 Å². The molecule has 0 radical (unpaired) electrons. The van der Waals surface area contributed by atoms with Gasteiger partial charge in [-0.2, -0.15) is 0 Å². The fourth-order valence-corrected chi connectivity index (χ4v) is 1.08. The summed E-state index contributed by atoms with van der Waals surface area (Å²) in [5.41, 5.74) is 0. The van der Waals surface area contributed by atoms with Crippen LogP contribution in [0.15, 0.2) is 0 Å². The van der Waals surface area contributed by atoms with E-state index in [-0.39, 0.29) is 11.9 Å². The smallest absolute Gasteiger partial charge is 0.221 e. The molecule has 1 N–H and O–H groups in total. The molecule has 66 valence electrons. The molecule has 11 heavy (non-hydrogen) atoms. The minimum atomic E-state index is 0.0615. The molecular weight excluding hydrogens is 210 g/mol. The number of carbonyl (C=O) groups excluding carboxylic acids is 1. The topological polar surface area (TPSA) is 38.3 Å². The van der Waals surface area contributed by atoms with Crippen molar-refractivity contribution in [2.24, 2.45) is 0 Å². The van der Waals surface area contributed by atoms with Crippen LogP contribution in [-0.4, -0.2) is 31.0 Å². The fraction of sp³-hybridized carbons (Fsp3) is 0.857. The molecule has 0 rings (SSSR count). The highest BCUT2D eigenvalue weighted by molar-refractivity contribution is 9.09. The van der Waals surface area contributed by atoms with Gasteiger partial charge in [0.15, 0.2) is 0 Å². The number of halogens is 1. The average Bonchev–Trinajstić information content (AvgIpc) is 1.87. The summed E-state index contributed by atoms with van der Waals surface area (Å²) in [5, 5.41) is 3.49. The van der Waals surface area contributed by atoms with Crippen LogP contribution in [0.4, 0.5) is 0 Å². The second-order valence-corrected chi connectivity index (χ2v) is 3.16. The Balaban J connectivity index is 3.40. The van der Waals surface area contributed by atoms with Crippen molar-refractivity contribution in [3.63, 3.8) is 0 Å². The molecule has 0 aromatic heterocycles. The maximum Gasteiger partial charge on any atom is 0.221 e. The van der Waals surface area contributed by atoms with Crippen LogP contribution in [0, 0.1) is 0 Å². The van der Waals surface area contributed by atoms with Crippen molar-refractivity contribution in [3.05, 3.63) is 0 Å². The normalized spacial score (nSPS) is 12.6. The third-order valence-electron chi connectivity index (χ3n) is 1.15. The molecule has 0 aromatic carbocycles. The minimum Gasteiger partial charge on any atom is -0.383 e. The molecule has 0 aliphatic carbocycles. The molecule has 3 nitrogen and oxygen atoms in total. The second-order valence-electron chi connectivity index (χ2n) is 2.36. The fourth-order valence-electron chi connectivity index (χ4n) is 0.724. The predicted octanol–water partition coefficient (Wildman–Crippen LogP) is 0.923. The largest absolute Gasteiger partial charge is 0.383 e. The number of ether oxygens (including phenoxy) is 1. The Morgan fingerprint density at radius 3 is 2.82 bits per heavy atom. The molecule has 0 aliphatic rings. The van der Waals surface area contributed by atoms with E-state index in [0.717, 1.165) is 0 Å². The summed E-state index contributed by atoms with van der Waals surface area (Å²) in [6.07, 6.45) is 0.522. The summed E-state index contributed by atoms with van der Waals surface area (Å²) < 4.78 is 4.86. The van der Waals surface area contributed by atoms with Gasteiger partial charge < -0.3 is 10.1 Å². The van der Waals surface area contributed by atoms with Crippen LogP contribution in [0.25, 0.3) is 0 Å². The third kappa shape index (κ3) is 6.31. The van der Waals surface area contributed by atoms with Gasteiger partial charge in [-0.05, 0) is 6.92 Å². The van der Waals surface area contributed by atoms with E-state index in [1.165, 1.54) is 0 Å². The van der Waals surface area contributed by atoms with Crippen LogP contribution in [0.5, 0.6) is 0 Å². The number of alkyl halides is 1. The third-order valence-corrected chi connectivity index (χ3v) is 1.54. The molecule has 4 heteroatoms. The lowest BCUT2D eigenvalue weighted by Gasteiger charge is -2.11. The highest BCUT2D eigenvalue weighted by Crippen LogP contribution is 1.89. The maximum atomic E-state index is 10.9. The minimum absolute atomic E-state index is 0.0615. The number of carbonyl (C=O) groups is 1. The number of nitrogens with one attached hydrogen (secondary N) is 1. The zero-order chi connectivity index (χ0) is 8.69. The molecule has 0 spiro atoms. The van der Waals surface area contributed by atoms with Crippen LogP contribution in [0.3, 0.4) is 0 Å². The molecule has 1 unspecified atom stereocenters. The van der Waals surface area contributed by atoms with Crippen molar-refractivity contribution in [2.75, 3.05) is 19.0 Å². The molecule has 0 fully saturated rings. The lowest BCUT2D eigenvalue weighted by atomic mass is 10.3. The van der Waals surface area contributed by atoms with Gasteiger partial charge in [-0.15, -0.1) is 0 Å². The molecule has 0 bridgehead atoms. The van der Waals surface area contributed by atoms with E-state index in [0.29, 0.717) is 18.4 Å². The summed E-state index contributed by atoms with van der Waals surface area (Å²) in [6.45, 7) is 2.48. The first-order valence-electron chi connectivity index (χ1n) is 3.55. The number of amides is 1. The Bertz CT molecular complexity index is 119. The second kappa shape index (κ2) is 6.61. The van der Waals surface area contributed by atoms with Gasteiger partial charge in [0.2, 0.25) is 5.91 Å². The molecule has 1 amide bonds. The van der Waals surface area contributed by atoms with Gasteiger partial charge in [0.05, 0.1) is 6.61 Å².